The van der Waals surface area contributed by atoms with Crippen LogP contribution in [-0.4, -0.2) is 13.3 Å². The highest BCUT2D eigenvalue weighted by atomic mass is 35.7. The smallest absolute Gasteiger partial charge is 0.258 e. The lowest BCUT2D eigenvalue weighted by atomic mass is 10.2. The minimum Gasteiger partial charge on any atom is -0.258 e. The van der Waals surface area contributed by atoms with E-state index in [-0.39, 0.29) is 0 Å². The molecule has 0 aliphatic heterocycles. The van der Waals surface area contributed by atoms with Crippen molar-refractivity contribution in [1.29, 1.82) is 5.26 Å². The number of hydrogen-bond acceptors (Lipinski definition) is 5. The summed E-state index contributed by atoms with van der Waals surface area (Å²) in [6, 6.07) is 2.24. The highest BCUT2D eigenvalue weighted by Crippen LogP contribution is 2.27. The van der Waals surface area contributed by atoms with Crippen molar-refractivity contribution in [2.75, 3.05) is 0 Å². The fourth-order valence-corrected chi connectivity index (χ4v) is 1.87. The van der Waals surface area contributed by atoms with Crippen LogP contribution in [0.1, 0.15) is 5.56 Å². The number of rotatable bonds is 2. The van der Waals surface area contributed by atoms with Gasteiger partial charge in [0.15, 0.2) is 0 Å². The minimum absolute atomic E-state index is 0.413. The van der Waals surface area contributed by atoms with Gasteiger partial charge in [-0.3, -0.25) is 10.1 Å². The molecule has 1 aromatic rings. The molecule has 0 bridgehead atoms. The standard InChI is InChI=1S/C7H2ClFN2O4S/c8-16(14,15)7-2-6(11(12)13)4(3-10)1-5(7)9/h1-2H. The predicted molar refractivity (Wildman–Crippen MR) is 50.8 cm³/mol. The van der Waals surface area contributed by atoms with E-state index in [0.717, 1.165) is 0 Å². The molecule has 1 aromatic carbocycles. The van der Waals surface area contributed by atoms with E-state index in [1.165, 1.54) is 6.07 Å². The minimum atomic E-state index is -4.43. The van der Waals surface area contributed by atoms with Crippen LogP contribution in [0.15, 0.2) is 17.0 Å². The molecule has 0 aliphatic carbocycles. The first-order valence-electron chi connectivity index (χ1n) is 3.60. The summed E-state index contributed by atoms with van der Waals surface area (Å²) >= 11 is 0. The van der Waals surface area contributed by atoms with Crippen LogP contribution in [0.2, 0.25) is 0 Å². The predicted octanol–water partition coefficient (Wildman–Crippen LogP) is 1.53. The Morgan fingerprint density at radius 3 is 2.44 bits per heavy atom. The summed E-state index contributed by atoms with van der Waals surface area (Å²) in [7, 11) is 0.432. The summed E-state index contributed by atoms with van der Waals surface area (Å²) in [5, 5.41) is 18.9. The molecule has 16 heavy (non-hydrogen) atoms. The molecule has 84 valence electrons. The first kappa shape index (κ1) is 12.4. The summed E-state index contributed by atoms with van der Waals surface area (Å²) in [6.07, 6.45) is 0. The SMILES string of the molecule is N#Cc1cc(F)c(S(=O)(=O)Cl)cc1[N+](=O)[O-]. The normalized spacial score (nSPS) is 10.8. The lowest BCUT2D eigenvalue weighted by Crippen LogP contribution is -2.00. The highest BCUT2D eigenvalue weighted by Gasteiger charge is 2.24. The molecule has 0 aliphatic rings. The number of hydrogen-bond donors (Lipinski definition) is 0. The largest absolute Gasteiger partial charge is 0.288 e. The number of nitrogens with zero attached hydrogens (tertiary/aromatic N) is 2. The molecule has 9 heteroatoms. The Bertz CT molecular complexity index is 608. The first-order chi connectivity index (χ1) is 7.27. The quantitative estimate of drug-likeness (QED) is 0.458. The molecule has 0 amide bonds. The van der Waals surface area contributed by atoms with Gasteiger partial charge in [-0.25, -0.2) is 12.8 Å². The first-order valence-corrected chi connectivity index (χ1v) is 5.91. The molecular weight excluding hydrogens is 263 g/mol. The van der Waals surface area contributed by atoms with Gasteiger partial charge in [-0.2, -0.15) is 5.26 Å². The lowest BCUT2D eigenvalue weighted by Gasteiger charge is -2.00. The third-order valence-electron chi connectivity index (χ3n) is 1.63. The van der Waals surface area contributed by atoms with E-state index < -0.39 is 35.9 Å². The molecule has 0 unspecified atom stereocenters. The summed E-state index contributed by atoms with van der Waals surface area (Å²) < 4.78 is 34.8. The summed E-state index contributed by atoms with van der Waals surface area (Å²) in [6.45, 7) is 0. The van der Waals surface area contributed by atoms with E-state index in [4.69, 9.17) is 15.9 Å². The van der Waals surface area contributed by atoms with E-state index in [0.29, 0.717) is 12.1 Å². The molecule has 0 heterocycles. The average molecular weight is 265 g/mol. The van der Waals surface area contributed by atoms with Crippen molar-refractivity contribution in [2.24, 2.45) is 0 Å². The van der Waals surface area contributed by atoms with E-state index in [9.17, 15) is 22.9 Å². The Labute approximate surface area is 93.4 Å². The molecule has 0 spiro atoms. The maximum absolute atomic E-state index is 13.1. The molecule has 0 aromatic heterocycles. The van der Waals surface area contributed by atoms with Gasteiger partial charge in [0.1, 0.15) is 22.3 Å². The lowest BCUT2D eigenvalue weighted by molar-refractivity contribution is -0.385. The Hall–Kier alpha value is -1.72. The van der Waals surface area contributed by atoms with Crippen molar-refractivity contribution < 1.29 is 17.7 Å². The van der Waals surface area contributed by atoms with Gasteiger partial charge in [-0.1, -0.05) is 0 Å². The van der Waals surface area contributed by atoms with Crippen molar-refractivity contribution in [2.45, 2.75) is 4.90 Å². The fourth-order valence-electron chi connectivity index (χ4n) is 0.970. The van der Waals surface area contributed by atoms with Gasteiger partial charge >= 0.3 is 0 Å². The number of benzene rings is 1. The zero-order chi connectivity index (χ0) is 12.5. The topological polar surface area (TPSA) is 101 Å². The van der Waals surface area contributed by atoms with Crippen molar-refractivity contribution >= 4 is 25.4 Å². The third-order valence-corrected chi connectivity index (χ3v) is 2.97. The van der Waals surface area contributed by atoms with Gasteiger partial charge in [0.2, 0.25) is 0 Å². The second kappa shape index (κ2) is 4.03. The van der Waals surface area contributed by atoms with Gasteiger partial charge < -0.3 is 0 Å². The van der Waals surface area contributed by atoms with Crippen LogP contribution in [0.3, 0.4) is 0 Å². The molecule has 0 N–H and O–H groups in total. The molecule has 1 rings (SSSR count). The van der Waals surface area contributed by atoms with Gasteiger partial charge in [0.05, 0.1) is 4.92 Å². The Kier molecular flexibility index (Phi) is 3.11. The van der Waals surface area contributed by atoms with E-state index in [2.05, 4.69) is 0 Å². The van der Waals surface area contributed by atoms with E-state index in [1.54, 1.807) is 0 Å². The molecular formula is C7H2ClFN2O4S. The van der Waals surface area contributed by atoms with Crippen molar-refractivity contribution in [3.8, 4) is 6.07 Å². The van der Waals surface area contributed by atoms with Crippen molar-refractivity contribution in [3.05, 3.63) is 33.6 Å². The van der Waals surface area contributed by atoms with Crippen LogP contribution in [0.5, 0.6) is 0 Å². The summed E-state index contributed by atoms with van der Waals surface area (Å²) in [4.78, 5) is 8.44. The van der Waals surface area contributed by atoms with E-state index >= 15 is 0 Å². The van der Waals surface area contributed by atoms with Gasteiger partial charge in [0, 0.05) is 16.7 Å². The monoisotopic (exact) mass is 264 g/mol. The van der Waals surface area contributed by atoms with E-state index in [1.807, 2.05) is 0 Å². The zero-order valence-corrected chi connectivity index (χ0v) is 8.92. The molecule has 6 nitrogen and oxygen atoms in total. The second-order valence-corrected chi connectivity index (χ2v) is 5.14. The van der Waals surface area contributed by atoms with Crippen molar-refractivity contribution in [1.82, 2.24) is 0 Å². The Balaban J connectivity index is 3.67. The second-order valence-electron chi connectivity index (χ2n) is 2.61. The number of nitro benzene ring substituents is 1. The Morgan fingerprint density at radius 2 is 2.06 bits per heavy atom. The van der Waals surface area contributed by atoms with Gasteiger partial charge in [-0.05, 0) is 6.07 Å². The van der Waals surface area contributed by atoms with Crippen LogP contribution < -0.4 is 0 Å². The number of halogens is 2. The van der Waals surface area contributed by atoms with Crippen LogP contribution in [0.4, 0.5) is 10.1 Å². The summed E-state index contributed by atoms with van der Waals surface area (Å²) in [5.74, 6) is -1.31. The Morgan fingerprint density at radius 1 is 1.50 bits per heavy atom. The molecule has 0 atom stereocenters. The maximum atomic E-state index is 13.1. The molecule has 0 saturated heterocycles. The third kappa shape index (κ3) is 2.26. The summed E-state index contributed by atoms with van der Waals surface area (Å²) in [5.41, 5.74) is -1.39. The average Bonchev–Trinajstić information content (AvgIpc) is 2.14. The molecule has 0 fully saturated rings. The molecule has 0 saturated carbocycles. The number of nitro groups is 1. The molecule has 0 radical (unpaired) electrons. The van der Waals surface area contributed by atoms with Gasteiger partial charge in [0.25, 0.3) is 14.7 Å². The van der Waals surface area contributed by atoms with Crippen LogP contribution >= 0.6 is 10.7 Å². The zero-order valence-electron chi connectivity index (χ0n) is 7.35. The van der Waals surface area contributed by atoms with Crippen LogP contribution in [0, 0.1) is 27.3 Å². The van der Waals surface area contributed by atoms with Crippen LogP contribution in [0.25, 0.3) is 0 Å². The fraction of sp³-hybridized carbons (Fsp3) is 0. The maximum Gasteiger partial charge on any atom is 0.288 e. The van der Waals surface area contributed by atoms with Crippen molar-refractivity contribution in [3.63, 3.8) is 0 Å². The van der Waals surface area contributed by atoms with Crippen LogP contribution in [-0.2, 0) is 9.05 Å². The highest BCUT2D eigenvalue weighted by molar-refractivity contribution is 8.13. The van der Waals surface area contributed by atoms with Gasteiger partial charge in [-0.15, -0.1) is 0 Å². The number of nitriles is 1.